The molecular formula is C17H20N2O4. The Balaban J connectivity index is 1.68. The van der Waals surface area contributed by atoms with Crippen molar-refractivity contribution in [2.45, 2.75) is 44.9 Å². The molecule has 6 nitrogen and oxygen atoms in total. The summed E-state index contributed by atoms with van der Waals surface area (Å²) in [5, 5.41) is 15.0. The van der Waals surface area contributed by atoms with Crippen LogP contribution in [0.3, 0.4) is 0 Å². The van der Waals surface area contributed by atoms with Gasteiger partial charge in [-0.15, -0.1) is 0 Å². The molecule has 23 heavy (non-hydrogen) atoms. The van der Waals surface area contributed by atoms with Gasteiger partial charge in [-0.25, -0.2) is 0 Å². The molecule has 6 heteroatoms. The van der Waals surface area contributed by atoms with Crippen molar-refractivity contribution in [3.63, 3.8) is 0 Å². The Bertz CT molecular complexity index is 663. The first kappa shape index (κ1) is 15.5. The Hall–Kier alpha value is -2.37. The van der Waals surface area contributed by atoms with Crippen LogP contribution in [0.2, 0.25) is 0 Å². The minimum Gasteiger partial charge on any atom is -0.481 e. The van der Waals surface area contributed by atoms with E-state index in [4.69, 9.17) is 0 Å². The Morgan fingerprint density at radius 1 is 1.22 bits per heavy atom. The minimum absolute atomic E-state index is 0.00100. The summed E-state index contributed by atoms with van der Waals surface area (Å²) >= 11 is 0. The molecule has 0 atom stereocenters. The molecule has 1 fully saturated rings. The molecule has 1 aliphatic heterocycles. The molecule has 0 unspecified atom stereocenters. The Morgan fingerprint density at radius 3 is 2.65 bits per heavy atom. The number of rotatable bonds is 4. The third-order valence-corrected chi connectivity index (χ3v) is 4.80. The molecule has 1 aliphatic carbocycles. The van der Waals surface area contributed by atoms with Gasteiger partial charge in [-0.3, -0.25) is 14.4 Å². The summed E-state index contributed by atoms with van der Waals surface area (Å²) in [7, 11) is 0. The number of amides is 2. The molecule has 2 aliphatic rings. The van der Waals surface area contributed by atoms with Crippen LogP contribution >= 0.6 is 0 Å². The summed E-state index contributed by atoms with van der Waals surface area (Å²) in [5.41, 5.74) is 1.49. The zero-order chi connectivity index (χ0) is 16.4. The summed E-state index contributed by atoms with van der Waals surface area (Å²) in [4.78, 5) is 35.1. The third-order valence-electron chi connectivity index (χ3n) is 4.80. The van der Waals surface area contributed by atoms with Crippen molar-refractivity contribution in [2.75, 3.05) is 10.6 Å². The quantitative estimate of drug-likeness (QED) is 0.795. The first-order chi connectivity index (χ1) is 11.0. The third kappa shape index (κ3) is 3.21. The Labute approximate surface area is 134 Å². The van der Waals surface area contributed by atoms with Crippen LogP contribution in [-0.2, 0) is 20.8 Å². The normalized spacial score (nSPS) is 18.9. The van der Waals surface area contributed by atoms with Crippen LogP contribution < -0.4 is 10.6 Å². The lowest BCUT2D eigenvalue weighted by Gasteiger charge is -2.23. The van der Waals surface area contributed by atoms with Gasteiger partial charge in [0.15, 0.2) is 0 Å². The van der Waals surface area contributed by atoms with Crippen molar-refractivity contribution in [3.05, 3.63) is 23.8 Å². The molecule has 1 aromatic rings. The molecule has 2 amide bonds. The molecular weight excluding hydrogens is 296 g/mol. The molecule has 1 saturated carbocycles. The zero-order valence-corrected chi connectivity index (χ0v) is 12.9. The number of carbonyl (C=O) groups excluding carboxylic acids is 2. The highest BCUT2D eigenvalue weighted by Crippen LogP contribution is 2.41. The number of nitrogens with one attached hydrogen (secondary N) is 2. The van der Waals surface area contributed by atoms with Gasteiger partial charge in [-0.05, 0) is 43.0 Å². The molecule has 0 saturated heterocycles. The highest BCUT2D eigenvalue weighted by molar-refractivity contribution is 5.96. The van der Waals surface area contributed by atoms with Gasteiger partial charge in [0.25, 0.3) is 0 Å². The number of carboxylic acid groups (broad SMARTS) is 1. The first-order valence-electron chi connectivity index (χ1n) is 7.95. The summed E-state index contributed by atoms with van der Waals surface area (Å²) in [5.74, 6) is -1.15. The number of carbonyl (C=O) groups is 3. The van der Waals surface area contributed by atoms with Gasteiger partial charge in [0.2, 0.25) is 11.8 Å². The topological polar surface area (TPSA) is 95.5 Å². The van der Waals surface area contributed by atoms with E-state index in [1.165, 1.54) is 0 Å². The lowest BCUT2D eigenvalue weighted by Crippen LogP contribution is -2.32. The standard InChI is InChI=1S/C17H20N2O4/c20-14-6-3-11-9-12(4-5-13(11)19-14)18-15(21)10-17(16(22)23)7-1-2-8-17/h4-5,9H,1-3,6-8,10H2,(H,18,21)(H,19,20)(H,22,23). The number of hydrogen-bond acceptors (Lipinski definition) is 3. The molecule has 1 aromatic carbocycles. The summed E-state index contributed by atoms with van der Waals surface area (Å²) in [6.45, 7) is 0. The fourth-order valence-electron chi connectivity index (χ4n) is 3.49. The van der Waals surface area contributed by atoms with Crippen LogP contribution in [-0.4, -0.2) is 22.9 Å². The van der Waals surface area contributed by atoms with Crippen LogP contribution in [0.25, 0.3) is 0 Å². The molecule has 122 valence electrons. The summed E-state index contributed by atoms with van der Waals surface area (Å²) in [6.07, 6.45) is 3.93. The first-order valence-corrected chi connectivity index (χ1v) is 7.95. The monoisotopic (exact) mass is 316 g/mol. The Morgan fingerprint density at radius 2 is 1.96 bits per heavy atom. The highest BCUT2D eigenvalue weighted by Gasteiger charge is 2.42. The lowest BCUT2D eigenvalue weighted by molar-refractivity contribution is -0.150. The van der Waals surface area contributed by atoms with Gasteiger partial charge in [0, 0.05) is 24.2 Å². The maximum Gasteiger partial charge on any atom is 0.310 e. The number of benzene rings is 1. The van der Waals surface area contributed by atoms with E-state index in [2.05, 4.69) is 10.6 Å². The van der Waals surface area contributed by atoms with Gasteiger partial charge < -0.3 is 15.7 Å². The van der Waals surface area contributed by atoms with Crippen molar-refractivity contribution < 1.29 is 19.5 Å². The van der Waals surface area contributed by atoms with E-state index in [1.807, 2.05) is 6.07 Å². The van der Waals surface area contributed by atoms with E-state index in [1.54, 1.807) is 12.1 Å². The van der Waals surface area contributed by atoms with Crippen molar-refractivity contribution in [1.29, 1.82) is 0 Å². The predicted octanol–water partition coefficient (Wildman–Crippen LogP) is 2.54. The lowest BCUT2D eigenvalue weighted by atomic mass is 9.82. The van der Waals surface area contributed by atoms with E-state index in [0.29, 0.717) is 31.4 Å². The second-order valence-corrected chi connectivity index (χ2v) is 6.44. The number of fused-ring (bicyclic) bond motifs is 1. The SMILES string of the molecule is O=C(CC1(C(=O)O)CCCC1)Nc1ccc2c(c1)CCC(=O)N2. The summed E-state index contributed by atoms with van der Waals surface area (Å²) in [6, 6.07) is 5.34. The zero-order valence-electron chi connectivity index (χ0n) is 12.9. The maximum absolute atomic E-state index is 12.3. The molecule has 3 N–H and O–H groups in total. The van der Waals surface area contributed by atoms with Crippen LogP contribution in [0.1, 0.15) is 44.1 Å². The minimum atomic E-state index is -0.910. The van der Waals surface area contributed by atoms with Crippen molar-refractivity contribution in [2.24, 2.45) is 5.41 Å². The van der Waals surface area contributed by atoms with Gasteiger partial charge >= 0.3 is 5.97 Å². The van der Waals surface area contributed by atoms with E-state index in [0.717, 1.165) is 24.1 Å². The predicted molar refractivity (Wildman–Crippen MR) is 85.2 cm³/mol. The average Bonchev–Trinajstić information content (AvgIpc) is 2.97. The second kappa shape index (κ2) is 6.02. The molecule has 0 aromatic heterocycles. The Kier molecular flexibility index (Phi) is 4.07. The van der Waals surface area contributed by atoms with Crippen LogP contribution in [0.15, 0.2) is 18.2 Å². The molecule has 0 radical (unpaired) electrons. The number of carboxylic acids is 1. The second-order valence-electron chi connectivity index (χ2n) is 6.44. The molecule has 0 spiro atoms. The van der Waals surface area contributed by atoms with E-state index in [9.17, 15) is 19.5 Å². The van der Waals surface area contributed by atoms with E-state index in [-0.39, 0.29) is 18.2 Å². The molecule has 1 heterocycles. The maximum atomic E-state index is 12.3. The van der Waals surface area contributed by atoms with Gasteiger partial charge in [-0.1, -0.05) is 12.8 Å². The van der Waals surface area contributed by atoms with E-state index >= 15 is 0 Å². The van der Waals surface area contributed by atoms with Gasteiger partial charge in [0.05, 0.1) is 5.41 Å². The van der Waals surface area contributed by atoms with Gasteiger partial charge in [0.1, 0.15) is 0 Å². The fourth-order valence-corrected chi connectivity index (χ4v) is 3.49. The number of hydrogen-bond donors (Lipinski definition) is 3. The van der Waals surface area contributed by atoms with Crippen molar-refractivity contribution >= 4 is 29.2 Å². The van der Waals surface area contributed by atoms with E-state index < -0.39 is 11.4 Å². The van der Waals surface area contributed by atoms with Crippen LogP contribution in [0.5, 0.6) is 0 Å². The average molecular weight is 316 g/mol. The van der Waals surface area contributed by atoms with Crippen molar-refractivity contribution in [1.82, 2.24) is 0 Å². The van der Waals surface area contributed by atoms with Crippen LogP contribution in [0, 0.1) is 5.41 Å². The highest BCUT2D eigenvalue weighted by atomic mass is 16.4. The fraction of sp³-hybridized carbons (Fsp3) is 0.471. The molecule has 0 bridgehead atoms. The number of aryl methyl sites for hydroxylation is 1. The van der Waals surface area contributed by atoms with Crippen molar-refractivity contribution in [3.8, 4) is 0 Å². The van der Waals surface area contributed by atoms with Gasteiger partial charge in [-0.2, -0.15) is 0 Å². The largest absolute Gasteiger partial charge is 0.481 e. The molecule has 3 rings (SSSR count). The van der Waals surface area contributed by atoms with Crippen LogP contribution in [0.4, 0.5) is 11.4 Å². The smallest absolute Gasteiger partial charge is 0.310 e. The summed E-state index contributed by atoms with van der Waals surface area (Å²) < 4.78 is 0. The number of anilines is 2. The number of aliphatic carboxylic acids is 1.